The monoisotopic (exact) mass is 345 g/mol. The zero-order valence-corrected chi connectivity index (χ0v) is 14.5. The smallest absolute Gasteiger partial charge is 0.231 e. The summed E-state index contributed by atoms with van der Waals surface area (Å²) in [5.41, 5.74) is 2.92. The van der Waals surface area contributed by atoms with Gasteiger partial charge in [-0.05, 0) is 44.0 Å². The zero-order valence-electron chi connectivity index (χ0n) is 13.7. The zero-order chi connectivity index (χ0) is 16.9. The molecule has 6 nitrogen and oxygen atoms in total. The number of amides is 1. The Balaban J connectivity index is 1.42. The largest absolute Gasteiger partial charge is 0.454 e. The number of carbonyl (C=O) groups excluding carboxylic acids is 1. The SMILES string of the molecule is Cc1cc(C)nc(SCC(=O)NCCc2ccc3c(c2)OCO3)n1. The van der Waals surface area contributed by atoms with Gasteiger partial charge in [-0.2, -0.15) is 0 Å². The van der Waals surface area contributed by atoms with Gasteiger partial charge in [0.1, 0.15) is 0 Å². The van der Waals surface area contributed by atoms with Crippen molar-refractivity contribution in [1.29, 1.82) is 0 Å². The molecule has 0 radical (unpaired) electrons. The van der Waals surface area contributed by atoms with Crippen LogP contribution in [0.3, 0.4) is 0 Å². The highest BCUT2D eigenvalue weighted by Gasteiger charge is 2.13. The summed E-state index contributed by atoms with van der Waals surface area (Å²) in [4.78, 5) is 20.6. The maximum Gasteiger partial charge on any atom is 0.231 e. The number of nitrogens with one attached hydrogen (secondary N) is 1. The molecule has 0 bridgehead atoms. The third kappa shape index (κ3) is 4.38. The topological polar surface area (TPSA) is 73.3 Å². The third-order valence-corrected chi connectivity index (χ3v) is 4.31. The number of fused-ring (bicyclic) bond motifs is 1. The molecule has 126 valence electrons. The van der Waals surface area contributed by atoms with Gasteiger partial charge < -0.3 is 14.8 Å². The number of hydrogen-bond acceptors (Lipinski definition) is 6. The molecule has 1 aromatic carbocycles. The Kier molecular flexibility index (Phi) is 5.20. The standard InChI is InChI=1S/C17H19N3O3S/c1-11-7-12(2)20-17(19-11)24-9-16(21)18-6-5-13-3-4-14-15(8-13)23-10-22-14/h3-4,7-8H,5-6,9-10H2,1-2H3,(H,18,21). The highest BCUT2D eigenvalue weighted by Crippen LogP contribution is 2.32. The predicted octanol–water partition coefficient (Wildman–Crippen LogP) is 2.27. The average molecular weight is 345 g/mol. The van der Waals surface area contributed by atoms with Crippen LogP contribution in [-0.2, 0) is 11.2 Å². The first kappa shape index (κ1) is 16.6. The Morgan fingerprint density at radius 1 is 1.17 bits per heavy atom. The minimum atomic E-state index is -0.0245. The highest BCUT2D eigenvalue weighted by molar-refractivity contribution is 7.99. The normalized spacial score (nSPS) is 12.2. The van der Waals surface area contributed by atoms with Gasteiger partial charge in [-0.15, -0.1) is 0 Å². The molecule has 0 fully saturated rings. The summed E-state index contributed by atoms with van der Waals surface area (Å²) < 4.78 is 10.6. The first-order chi connectivity index (χ1) is 11.6. The van der Waals surface area contributed by atoms with E-state index in [-0.39, 0.29) is 12.7 Å². The van der Waals surface area contributed by atoms with Gasteiger partial charge in [0, 0.05) is 17.9 Å². The summed E-state index contributed by atoms with van der Waals surface area (Å²) in [5.74, 6) is 1.82. The van der Waals surface area contributed by atoms with Gasteiger partial charge in [0.2, 0.25) is 12.7 Å². The number of aryl methyl sites for hydroxylation is 2. The molecule has 24 heavy (non-hydrogen) atoms. The molecule has 2 aromatic rings. The van der Waals surface area contributed by atoms with Crippen molar-refractivity contribution < 1.29 is 14.3 Å². The van der Waals surface area contributed by atoms with Gasteiger partial charge in [-0.25, -0.2) is 9.97 Å². The summed E-state index contributed by atoms with van der Waals surface area (Å²) in [5, 5.41) is 3.55. The number of nitrogens with zero attached hydrogens (tertiary/aromatic N) is 2. The Bertz CT molecular complexity index is 732. The molecule has 1 N–H and O–H groups in total. The molecule has 0 spiro atoms. The second-order valence-electron chi connectivity index (χ2n) is 5.51. The van der Waals surface area contributed by atoms with Gasteiger partial charge in [-0.1, -0.05) is 17.8 Å². The molecule has 0 saturated heterocycles. The molecular weight excluding hydrogens is 326 g/mol. The Morgan fingerprint density at radius 2 is 1.92 bits per heavy atom. The molecule has 0 atom stereocenters. The second kappa shape index (κ2) is 7.53. The molecule has 0 saturated carbocycles. The quantitative estimate of drug-likeness (QED) is 0.640. The summed E-state index contributed by atoms with van der Waals surface area (Å²) in [7, 11) is 0. The number of thioether (sulfide) groups is 1. The van der Waals surface area contributed by atoms with E-state index in [0.29, 0.717) is 17.5 Å². The Hall–Kier alpha value is -2.28. The molecule has 1 aliphatic rings. The fourth-order valence-corrected chi connectivity index (χ4v) is 3.16. The van der Waals surface area contributed by atoms with Crippen molar-refractivity contribution in [2.75, 3.05) is 19.1 Å². The van der Waals surface area contributed by atoms with E-state index in [1.807, 2.05) is 38.1 Å². The Labute approximate surface area is 145 Å². The van der Waals surface area contributed by atoms with Crippen LogP contribution < -0.4 is 14.8 Å². The van der Waals surface area contributed by atoms with Crippen molar-refractivity contribution in [2.45, 2.75) is 25.4 Å². The maximum absolute atomic E-state index is 11.9. The molecule has 0 aliphatic carbocycles. The van der Waals surface area contributed by atoms with Crippen LogP contribution in [-0.4, -0.2) is 35.0 Å². The molecule has 1 aliphatic heterocycles. The molecule has 2 heterocycles. The van der Waals surface area contributed by atoms with Gasteiger partial charge >= 0.3 is 0 Å². The first-order valence-corrected chi connectivity index (χ1v) is 8.69. The van der Waals surface area contributed by atoms with E-state index in [1.54, 1.807) is 0 Å². The van der Waals surface area contributed by atoms with Crippen LogP contribution in [0.5, 0.6) is 11.5 Å². The minimum Gasteiger partial charge on any atom is -0.454 e. The summed E-state index contributed by atoms with van der Waals surface area (Å²) >= 11 is 1.35. The van der Waals surface area contributed by atoms with E-state index >= 15 is 0 Å². The van der Waals surface area contributed by atoms with Crippen LogP contribution in [0.15, 0.2) is 29.4 Å². The molecule has 7 heteroatoms. The maximum atomic E-state index is 11.9. The lowest BCUT2D eigenvalue weighted by atomic mass is 10.1. The number of carbonyl (C=O) groups is 1. The van der Waals surface area contributed by atoms with Crippen molar-refractivity contribution in [3.05, 3.63) is 41.2 Å². The van der Waals surface area contributed by atoms with E-state index < -0.39 is 0 Å². The van der Waals surface area contributed by atoms with Crippen molar-refractivity contribution >= 4 is 17.7 Å². The highest BCUT2D eigenvalue weighted by atomic mass is 32.2. The number of hydrogen-bond donors (Lipinski definition) is 1. The molecular formula is C17H19N3O3S. The van der Waals surface area contributed by atoms with Crippen LogP contribution in [0.1, 0.15) is 17.0 Å². The third-order valence-electron chi connectivity index (χ3n) is 3.47. The van der Waals surface area contributed by atoms with E-state index in [4.69, 9.17) is 9.47 Å². The van der Waals surface area contributed by atoms with E-state index in [0.717, 1.165) is 34.9 Å². The summed E-state index contributed by atoms with van der Waals surface area (Å²) in [6.07, 6.45) is 0.743. The van der Waals surface area contributed by atoms with Crippen LogP contribution in [0.2, 0.25) is 0 Å². The molecule has 0 unspecified atom stereocenters. The lowest BCUT2D eigenvalue weighted by Crippen LogP contribution is -2.27. The predicted molar refractivity (Wildman–Crippen MR) is 91.5 cm³/mol. The minimum absolute atomic E-state index is 0.0245. The summed E-state index contributed by atoms with van der Waals surface area (Å²) in [6, 6.07) is 7.74. The van der Waals surface area contributed by atoms with Crippen LogP contribution in [0.25, 0.3) is 0 Å². The number of ether oxygens (including phenoxy) is 2. The van der Waals surface area contributed by atoms with Gasteiger partial charge in [0.15, 0.2) is 16.7 Å². The van der Waals surface area contributed by atoms with E-state index in [1.165, 1.54) is 11.8 Å². The number of benzene rings is 1. The van der Waals surface area contributed by atoms with Crippen molar-refractivity contribution in [3.63, 3.8) is 0 Å². The van der Waals surface area contributed by atoms with Crippen molar-refractivity contribution in [1.82, 2.24) is 15.3 Å². The number of aromatic nitrogens is 2. The fraction of sp³-hybridized carbons (Fsp3) is 0.353. The van der Waals surface area contributed by atoms with Crippen LogP contribution in [0, 0.1) is 13.8 Å². The van der Waals surface area contributed by atoms with Crippen molar-refractivity contribution in [2.24, 2.45) is 0 Å². The second-order valence-corrected chi connectivity index (χ2v) is 6.45. The molecule has 3 rings (SSSR count). The number of rotatable bonds is 6. The lowest BCUT2D eigenvalue weighted by Gasteiger charge is -2.06. The molecule has 1 aromatic heterocycles. The lowest BCUT2D eigenvalue weighted by molar-refractivity contribution is -0.118. The van der Waals surface area contributed by atoms with E-state index in [9.17, 15) is 4.79 Å². The van der Waals surface area contributed by atoms with Gasteiger partial charge in [-0.3, -0.25) is 4.79 Å². The summed E-state index contributed by atoms with van der Waals surface area (Å²) in [6.45, 7) is 4.69. The fourth-order valence-electron chi connectivity index (χ4n) is 2.38. The Morgan fingerprint density at radius 3 is 2.71 bits per heavy atom. The van der Waals surface area contributed by atoms with E-state index in [2.05, 4.69) is 15.3 Å². The first-order valence-electron chi connectivity index (χ1n) is 7.70. The van der Waals surface area contributed by atoms with Crippen molar-refractivity contribution in [3.8, 4) is 11.5 Å². The average Bonchev–Trinajstić information content (AvgIpc) is 3.00. The van der Waals surface area contributed by atoms with Gasteiger partial charge in [0.25, 0.3) is 0 Å². The van der Waals surface area contributed by atoms with Gasteiger partial charge in [0.05, 0.1) is 5.75 Å². The van der Waals surface area contributed by atoms with Crippen LogP contribution in [0.4, 0.5) is 0 Å². The molecule has 1 amide bonds. The van der Waals surface area contributed by atoms with Crippen LogP contribution >= 0.6 is 11.8 Å².